The van der Waals surface area contributed by atoms with Crippen molar-refractivity contribution in [3.63, 3.8) is 0 Å². The molecule has 0 bridgehead atoms. The molecule has 28 heavy (non-hydrogen) atoms. The Morgan fingerprint density at radius 2 is 1.79 bits per heavy atom. The molecule has 0 radical (unpaired) electrons. The summed E-state index contributed by atoms with van der Waals surface area (Å²) in [4.78, 5) is 16.6. The maximum absolute atomic E-state index is 13.3. The summed E-state index contributed by atoms with van der Waals surface area (Å²) in [5, 5.41) is 2.09. The fourth-order valence-corrected chi connectivity index (χ4v) is 5.44. The maximum Gasteiger partial charge on any atom is 0.254 e. The van der Waals surface area contributed by atoms with Crippen LogP contribution in [0.2, 0.25) is 0 Å². The Kier molecular flexibility index (Phi) is 5.08. The van der Waals surface area contributed by atoms with Crippen LogP contribution in [-0.4, -0.2) is 32.0 Å². The summed E-state index contributed by atoms with van der Waals surface area (Å²) < 4.78 is 23.0. The maximum atomic E-state index is 13.3. The zero-order valence-corrected chi connectivity index (χ0v) is 17.2. The molecule has 144 valence electrons. The van der Waals surface area contributed by atoms with Gasteiger partial charge in [-0.15, -0.1) is 11.3 Å². The Balaban J connectivity index is 1.66. The van der Waals surface area contributed by atoms with Gasteiger partial charge in [0.2, 0.25) is 0 Å². The number of amides is 1. The van der Waals surface area contributed by atoms with E-state index < -0.39 is 9.84 Å². The zero-order valence-electron chi connectivity index (χ0n) is 15.5. The van der Waals surface area contributed by atoms with E-state index in [1.165, 1.54) is 16.7 Å². The number of hydrogen-bond donors (Lipinski definition) is 0. The number of carbonyl (C=O) groups is 1. The van der Waals surface area contributed by atoms with E-state index in [4.69, 9.17) is 0 Å². The number of carbonyl (C=O) groups excluding carboxylic acids is 1. The number of rotatable bonds is 4. The van der Waals surface area contributed by atoms with Gasteiger partial charge < -0.3 is 4.90 Å². The van der Waals surface area contributed by atoms with E-state index in [0.29, 0.717) is 17.7 Å². The van der Waals surface area contributed by atoms with E-state index in [-0.39, 0.29) is 17.7 Å². The SMILES string of the molecule is CS(=O)(=O)Cc1ccc(C(=O)N2CCc3sccc3[C@H]2c2ccccc2)cc1. The lowest BCUT2D eigenvalue weighted by Crippen LogP contribution is -2.40. The highest BCUT2D eigenvalue weighted by Crippen LogP contribution is 2.38. The largest absolute Gasteiger partial charge is 0.327 e. The molecule has 0 N–H and O–H groups in total. The number of nitrogens with zero attached hydrogens (tertiary/aromatic N) is 1. The van der Waals surface area contributed by atoms with Crippen LogP contribution in [0.5, 0.6) is 0 Å². The van der Waals surface area contributed by atoms with Gasteiger partial charge in [-0.1, -0.05) is 42.5 Å². The first-order valence-electron chi connectivity index (χ1n) is 9.11. The second kappa shape index (κ2) is 7.53. The van der Waals surface area contributed by atoms with Gasteiger partial charge in [0, 0.05) is 23.2 Å². The number of benzene rings is 2. The Hall–Kier alpha value is -2.44. The number of hydrogen-bond acceptors (Lipinski definition) is 4. The van der Waals surface area contributed by atoms with Crippen molar-refractivity contribution in [2.24, 2.45) is 0 Å². The molecular weight excluding hydrogens is 390 g/mol. The second-order valence-corrected chi connectivity index (χ2v) is 10.3. The lowest BCUT2D eigenvalue weighted by atomic mass is 9.92. The van der Waals surface area contributed by atoms with Crippen molar-refractivity contribution in [3.05, 3.63) is 93.2 Å². The molecule has 6 heteroatoms. The van der Waals surface area contributed by atoms with Gasteiger partial charge in [0.15, 0.2) is 9.84 Å². The molecule has 1 aliphatic rings. The molecule has 1 aromatic heterocycles. The van der Waals surface area contributed by atoms with Crippen LogP contribution >= 0.6 is 11.3 Å². The van der Waals surface area contributed by atoms with Gasteiger partial charge in [0.05, 0.1) is 11.8 Å². The van der Waals surface area contributed by atoms with Gasteiger partial charge in [-0.25, -0.2) is 8.42 Å². The van der Waals surface area contributed by atoms with Gasteiger partial charge in [-0.05, 0) is 46.7 Å². The lowest BCUT2D eigenvalue weighted by molar-refractivity contribution is 0.0696. The molecule has 3 aromatic rings. The Labute approximate surface area is 169 Å². The van der Waals surface area contributed by atoms with Gasteiger partial charge in [0.1, 0.15) is 0 Å². The van der Waals surface area contributed by atoms with E-state index in [1.807, 2.05) is 23.1 Å². The quantitative estimate of drug-likeness (QED) is 0.650. The third-order valence-electron chi connectivity index (χ3n) is 4.97. The molecule has 1 atom stereocenters. The van der Waals surface area contributed by atoms with Crippen LogP contribution in [0.3, 0.4) is 0 Å². The molecule has 2 heterocycles. The van der Waals surface area contributed by atoms with Gasteiger partial charge in [0.25, 0.3) is 5.91 Å². The van der Waals surface area contributed by atoms with Crippen molar-refractivity contribution in [3.8, 4) is 0 Å². The average molecular weight is 412 g/mol. The van der Waals surface area contributed by atoms with E-state index in [2.05, 4.69) is 23.6 Å². The number of thiophene rings is 1. The minimum absolute atomic E-state index is 0.0178. The molecule has 0 spiro atoms. The second-order valence-electron chi connectivity index (χ2n) is 7.13. The molecule has 4 rings (SSSR count). The first-order valence-corrected chi connectivity index (χ1v) is 12.1. The van der Waals surface area contributed by atoms with Crippen LogP contribution in [0, 0.1) is 0 Å². The summed E-state index contributed by atoms with van der Waals surface area (Å²) in [6.07, 6.45) is 2.07. The minimum atomic E-state index is -3.10. The monoisotopic (exact) mass is 411 g/mol. The smallest absolute Gasteiger partial charge is 0.254 e. The molecule has 0 saturated heterocycles. The standard InChI is InChI=1S/C22H21NO3S2/c1-28(25,26)15-16-7-9-18(10-8-16)22(24)23-13-11-20-19(12-14-27-20)21(23)17-5-3-2-4-6-17/h2-10,12,14,21H,11,13,15H2,1H3/t21-/m1/s1. The average Bonchev–Trinajstić information content (AvgIpc) is 3.15. The van der Waals surface area contributed by atoms with Crippen LogP contribution in [0.15, 0.2) is 66.0 Å². The molecule has 4 nitrogen and oxygen atoms in total. The fraction of sp³-hybridized carbons (Fsp3) is 0.227. The van der Waals surface area contributed by atoms with Crippen molar-refractivity contribution in [1.82, 2.24) is 4.90 Å². The first kappa shape index (κ1) is 18.9. The predicted octanol–water partition coefficient (Wildman–Crippen LogP) is 4.08. The van der Waals surface area contributed by atoms with Crippen molar-refractivity contribution < 1.29 is 13.2 Å². The summed E-state index contributed by atoms with van der Waals surface area (Å²) in [5.41, 5.74) is 3.57. The molecule has 2 aromatic carbocycles. The van der Waals surface area contributed by atoms with E-state index in [9.17, 15) is 13.2 Å². The molecule has 0 unspecified atom stereocenters. The van der Waals surface area contributed by atoms with E-state index >= 15 is 0 Å². The summed E-state index contributed by atoms with van der Waals surface area (Å²) in [6.45, 7) is 0.664. The Morgan fingerprint density at radius 1 is 1.07 bits per heavy atom. The van der Waals surface area contributed by atoms with Crippen LogP contribution in [0.1, 0.15) is 38.0 Å². The lowest BCUT2D eigenvalue weighted by Gasteiger charge is -2.36. The van der Waals surface area contributed by atoms with Crippen molar-refractivity contribution in [2.75, 3.05) is 12.8 Å². The van der Waals surface area contributed by atoms with E-state index in [0.717, 1.165) is 12.0 Å². The van der Waals surface area contributed by atoms with Gasteiger partial charge >= 0.3 is 0 Å². The summed E-state index contributed by atoms with van der Waals surface area (Å²) in [7, 11) is -3.10. The molecule has 0 aliphatic carbocycles. The number of fused-ring (bicyclic) bond motifs is 1. The topological polar surface area (TPSA) is 54.5 Å². The summed E-state index contributed by atoms with van der Waals surface area (Å²) in [5.74, 6) is -0.0487. The van der Waals surface area contributed by atoms with Gasteiger partial charge in [-0.3, -0.25) is 4.79 Å². The van der Waals surface area contributed by atoms with Gasteiger partial charge in [-0.2, -0.15) is 0 Å². The van der Waals surface area contributed by atoms with Crippen LogP contribution in [0.4, 0.5) is 0 Å². The van der Waals surface area contributed by atoms with Crippen molar-refractivity contribution in [2.45, 2.75) is 18.2 Å². The minimum Gasteiger partial charge on any atom is -0.327 e. The van der Waals surface area contributed by atoms with E-state index in [1.54, 1.807) is 35.6 Å². The molecule has 1 amide bonds. The molecule has 0 saturated carbocycles. The van der Waals surface area contributed by atoms with Crippen LogP contribution < -0.4 is 0 Å². The van der Waals surface area contributed by atoms with Crippen LogP contribution in [0.25, 0.3) is 0 Å². The molecular formula is C22H21NO3S2. The summed E-state index contributed by atoms with van der Waals surface area (Å²) in [6, 6.07) is 19.0. The Morgan fingerprint density at radius 3 is 2.46 bits per heavy atom. The third kappa shape index (κ3) is 3.88. The third-order valence-corrected chi connectivity index (χ3v) is 6.83. The predicted molar refractivity (Wildman–Crippen MR) is 112 cm³/mol. The normalized spacial score (nSPS) is 16.6. The van der Waals surface area contributed by atoms with Crippen LogP contribution in [-0.2, 0) is 22.0 Å². The highest BCUT2D eigenvalue weighted by Gasteiger charge is 2.33. The first-order chi connectivity index (χ1) is 13.4. The fourth-order valence-electron chi connectivity index (χ4n) is 3.74. The highest BCUT2D eigenvalue weighted by molar-refractivity contribution is 7.89. The molecule has 0 fully saturated rings. The van der Waals surface area contributed by atoms with Crippen molar-refractivity contribution in [1.29, 1.82) is 0 Å². The molecule has 1 aliphatic heterocycles. The number of sulfone groups is 1. The zero-order chi connectivity index (χ0) is 19.7. The summed E-state index contributed by atoms with van der Waals surface area (Å²) >= 11 is 1.75. The highest BCUT2D eigenvalue weighted by atomic mass is 32.2. The van der Waals surface area contributed by atoms with Crippen molar-refractivity contribution >= 4 is 27.1 Å². The Bertz CT molecular complexity index is 1090.